The molecule has 1 aromatic rings. The van der Waals surface area contributed by atoms with E-state index in [1.54, 1.807) is 23.1 Å². The van der Waals surface area contributed by atoms with Gasteiger partial charge in [0.25, 0.3) is 0 Å². The Morgan fingerprint density at radius 3 is 2.50 bits per heavy atom. The number of carbonyl (C=O) groups is 2. The summed E-state index contributed by atoms with van der Waals surface area (Å²) in [5.74, 6) is -0.352. The van der Waals surface area contributed by atoms with Crippen LogP contribution < -0.4 is 0 Å². The molecule has 1 aromatic heterocycles. The van der Waals surface area contributed by atoms with E-state index in [1.807, 2.05) is 38.5 Å². The molecule has 5 nitrogen and oxygen atoms in total. The highest BCUT2D eigenvalue weighted by atomic mass is 32.2. The van der Waals surface area contributed by atoms with Crippen LogP contribution in [0.2, 0.25) is 0 Å². The summed E-state index contributed by atoms with van der Waals surface area (Å²) in [5, 5.41) is 2.04. The average Bonchev–Trinajstić information content (AvgIpc) is 3.25. The Morgan fingerprint density at radius 2 is 1.82 bits per heavy atom. The van der Waals surface area contributed by atoms with Crippen LogP contribution in [0.4, 0.5) is 0 Å². The van der Waals surface area contributed by atoms with Gasteiger partial charge in [-0.25, -0.2) is 4.98 Å². The summed E-state index contributed by atoms with van der Waals surface area (Å²) in [6.45, 7) is 12.4. The summed E-state index contributed by atoms with van der Waals surface area (Å²) in [5.41, 5.74) is 0.0606. The molecule has 0 radical (unpaired) electrons. The number of fused-ring (bicyclic) bond motifs is 1. The van der Waals surface area contributed by atoms with E-state index in [-0.39, 0.29) is 29.4 Å². The molecule has 2 saturated heterocycles. The lowest BCUT2D eigenvalue weighted by atomic mass is 9.63. The van der Waals surface area contributed by atoms with Crippen molar-refractivity contribution in [2.75, 3.05) is 6.26 Å². The van der Waals surface area contributed by atoms with Crippen molar-refractivity contribution in [1.82, 2.24) is 4.98 Å². The minimum absolute atomic E-state index is 0.141. The third kappa shape index (κ3) is 5.62. The van der Waals surface area contributed by atoms with Gasteiger partial charge in [-0.05, 0) is 57.9 Å². The van der Waals surface area contributed by atoms with Crippen molar-refractivity contribution in [3.05, 3.63) is 16.6 Å². The highest BCUT2D eigenvalue weighted by Gasteiger charge is 2.68. The van der Waals surface area contributed by atoms with Crippen molar-refractivity contribution < 1.29 is 19.1 Å². The topological polar surface area (TPSA) is 68.8 Å². The molecule has 4 atom stereocenters. The Morgan fingerprint density at radius 1 is 1.12 bits per heavy atom. The quantitative estimate of drug-likeness (QED) is 0.247. The van der Waals surface area contributed by atoms with E-state index in [0.717, 1.165) is 47.7 Å². The van der Waals surface area contributed by atoms with Crippen LogP contribution >= 0.6 is 23.1 Å². The third-order valence-corrected chi connectivity index (χ3v) is 10.3. The second-order valence-electron chi connectivity index (χ2n) is 10.8. The van der Waals surface area contributed by atoms with Crippen LogP contribution in [-0.2, 0) is 19.1 Å². The first-order valence-corrected chi connectivity index (χ1v) is 14.7. The van der Waals surface area contributed by atoms with Crippen molar-refractivity contribution >= 4 is 40.9 Å². The number of rotatable bonds is 3. The maximum absolute atomic E-state index is 13.3. The molecular formula is C27H41NO4S2. The first-order valence-electron chi connectivity index (χ1n) is 12.6. The standard InChI is InChI=1S/C27H41NO4S2/c1-18-14-15-21(29)12-10-8-9-11-13-22-27(6,31-22)25(3,4)26(5,32-23(18)30)19(2)16-20-17-34-24(28-20)33-7/h16-18,22H,8-15H2,1-7H3. The van der Waals surface area contributed by atoms with Gasteiger partial charge in [0.2, 0.25) is 0 Å². The van der Waals surface area contributed by atoms with Crippen LogP contribution in [0.3, 0.4) is 0 Å². The number of ether oxygens (including phenoxy) is 2. The zero-order chi connectivity index (χ0) is 25.1. The molecule has 2 fully saturated rings. The Bertz CT molecular complexity index is 923. The van der Waals surface area contributed by atoms with Crippen LogP contribution in [0.5, 0.6) is 0 Å². The Labute approximate surface area is 213 Å². The Balaban J connectivity index is 1.96. The largest absolute Gasteiger partial charge is 0.454 e. The van der Waals surface area contributed by atoms with Gasteiger partial charge in [-0.2, -0.15) is 0 Å². The average molecular weight is 508 g/mol. The van der Waals surface area contributed by atoms with Gasteiger partial charge < -0.3 is 9.47 Å². The van der Waals surface area contributed by atoms with Crippen molar-refractivity contribution in [3.63, 3.8) is 0 Å². The summed E-state index contributed by atoms with van der Waals surface area (Å²) in [7, 11) is 0. The molecule has 34 heavy (non-hydrogen) atoms. The Hall–Kier alpha value is -1.18. The zero-order valence-electron chi connectivity index (χ0n) is 21.9. The van der Waals surface area contributed by atoms with E-state index in [1.165, 1.54) is 0 Å². The maximum Gasteiger partial charge on any atom is 0.309 e. The molecule has 0 aromatic carbocycles. The number of nitrogens with zero attached hydrogens (tertiary/aromatic N) is 1. The van der Waals surface area contributed by atoms with Gasteiger partial charge in [-0.15, -0.1) is 11.3 Å². The molecule has 0 spiro atoms. The van der Waals surface area contributed by atoms with Gasteiger partial charge in [0.15, 0.2) is 0 Å². The third-order valence-electron chi connectivity index (χ3n) is 8.41. The van der Waals surface area contributed by atoms with Gasteiger partial charge in [0.05, 0.1) is 17.7 Å². The van der Waals surface area contributed by atoms with Crippen LogP contribution in [0.25, 0.3) is 6.08 Å². The molecule has 7 heteroatoms. The fourth-order valence-corrected chi connectivity index (χ4v) is 6.26. The second-order valence-corrected chi connectivity index (χ2v) is 12.7. The summed E-state index contributed by atoms with van der Waals surface area (Å²) in [6, 6.07) is 0. The number of thioether (sulfide) groups is 1. The van der Waals surface area contributed by atoms with E-state index in [9.17, 15) is 9.59 Å². The first kappa shape index (κ1) is 27.4. The number of ketones is 1. The molecule has 0 N–H and O–H groups in total. The lowest BCUT2D eigenvalue weighted by Gasteiger charge is -2.47. The van der Waals surface area contributed by atoms with Gasteiger partial charge >= 0.3 is 5.97 Å². The molecule has 4 unspecified atom stereocenters. The normalized spacial score (nSPS) is 33.8. The molecule has 0 amide bonds. The molecule has 0 saturated carbocycles. The minimum atomic E-state index is -0.897. The monoisotopic (exact) mass is 507 g/mol. The molecule has 2 aliphatic heterocycles. The van der Waals surface area contributed by atoms with Crippen molar-refractivity contribution in [2.45, 2.75) is 115 Å². The fraction of sp³-hybridized carbons (Fsp3) is 0.741. The number of esters is 1. The highest BCUT2D eigenvalue weighted by molar-refractivity contribution is 8.00. The van der Waals surface area contributed by atoms with Crippen molar-refractivity contribution in [1.29, 1.82) is 0 Å². The summed E-state index contributed by atoms with van der Waals surface area (Å²) < 4.78 is 13.8. The van der Waals surface area contributed by atoms with Crippen molar-refractivity contribution in [2.24, 2.45) is 11.3 Å². The number of carbonyl (C=O) groups excluding carboxylic acids is 2. The molecular weight excluding hydrogens is 466 g/mol. The van der Waals surface area contributed by atoms with E-state index in [0.29, 0.717) is 19.3 Å². The lowest BCUT2D eigenvalue weighted by molar-refractivity contribution is -0.174. The number of hydrogen-bond donors (Lipinski definition) is 0. The van der Waals surface area contributed by atoms with E-state index < -0.39 is 11.0 Å². The van der Waals surface area contributed by atoms with E-state index >= 15 is 0 Å². The minimum Gasteiger partial charge on any atom is -0.454 e. The van der Waals surface area contributed by atoms with Crippen LogP contribution in [-0.4, -0.2) is 40.3 Å². The zero-order valence-corrected chi connectivity index (χ0v) is 23.5. The van der Waals surface area contributed by atoms with Crippen LogP contribution in [0, 0.1) is 11.3 Å². The van der Waals surface area contributed by atoms with Gasteiger partial charge in [0, 0.05) is 23.6 Å². The van der Waals surface area contributed by atoms with Gasteiger partial charge in [0.1, 0.15) is 21.3 Å². The summed E-state index contributed by atoms with van der Waals surface area (Å²) >= 11 is 3.24. The molecule has 2 aliphatic rings. The highest BCUT2D eigenvalue weighted by Crippen LogP contribution is 2.59. The van der Waals surface area contributed by atoms with Crippen molar-refractivity contribution in [3.8, 4) is 0 Å². The van der Waals surface area contributed by atoms with Crippen LogP contribution in [0.15, 0.2) is 15.3 Å². The Kier molecular flexibility index (Phi) is 8.73. The molecule has 3 heterocycles. The summed E-state index contributed by atoms with van der Waals surface area (Å²) in [6.07, 6.45) is 11.0. The molecule has 0 aliphatic carbocycles. The SMILES string of the molecule is CSc1nc(C=C(C)C2(C)OC(=O)C(C)CCC(=O)CCCCCCC3OC3(C)C2(C)C)cs1. The number of cyclic esters (lactones) is 1. The lowest BCUT2D eigenvalue weighted by Crippen LogP contribution is -2.55. The van der Waals surface area contributed by atoms with E-state index in [4.69, 9.17) is 9.47 Å². The molecule has 190 valence electrons. The molecule has 0 bridgehead atoms. The predicted molar refractivity (Wildman–Crippen MR) is 140 cm³/mol. The van der Waals surface area contributed by atoms with Gasteiger partial charge in [-0.1, -0.05) is 51.8 Å². The maximum atomic E-state index is 13.3. The number of hydrogen-bond acceptors (Lipinski definition) is 7. The predicted octanol–water partition coefficient (Wildman–Crippen LogP) is 7.09. The number of aromatic nitrogens is 1. The smallest absolute Gasteiger partial charge is 0.309 e. The number of thiazole rings is 1. The van der Waals surface area contributed by atoms with E-state index in [2.05, 4.69) is 25.8 Å². The van der Waals surface area contributed by atoms with Crippen LogP contribution in [0.1, 0.15) is 98.6 Å². The number of Topliss-reactive ketones (excluding diaryl/α,β-unsaturated/α-hetero) is 1. The first-order chi connectivity index (χ1) is 15.9. The van der Waals surface area contributed by atoms with Gasteiger partial charge in [-0.3, -0.25) is 9.59 Å². The number of epoxide rings is 1. The molecule has 3 rings (SSSR count). The summed E-state index contributed by atoms with van der Waals surface area (Å²) in [4.78, 5) is 30.3. The second kappa shape index (κ2) is 10.8. The fourth-order valence-electron chi connectivity index (χ4n) is 5.04.